The summed E-state index contributed by atoms with van der Waals surface area (Å²) >= 11 is 0. The van der Waals surface area contributed by atoms with Crippen LogP contribution in [0.1, 0.15) is 44.9 Å². The number of rotatable bonds is 7. The van der Waals surface area contributed by atoms with Crippen LogP contribution in [0.5, 0.6) is 5.75 Å². The third-order valence-corrected chi connectivity index (χ3v) is 4.74. The molecular weight excluding hydrogens is 380 g/mol. The van der Waals surface area contributed by atoms with E-state index in [1.54, 1.807) is 30.5 Å². The average molecular weight is 402 g/mol. The first-order valence-corrected chi connectivity index (χ1v) is 9.80. The molecule has 1 saturated carbocycles. The molecule has 2 amide bonds. The fraction of sp³-hybridized carbons (Fsp3) is 0.217. The van der Waals surface area contributed by atoms with Gasteiger partial charge in [-0.05, 0) is 61.7 Å². The van der Waals surface area contributed by atoms with Crippen molar-refractivity contribution >= 4 is 17.5 Å². The van der Waals surface area contributed by atoms with E-state index in [1.807, 2.05) is 31.2 Å². The van der Waals surface area contributed by atoms with Crippen molar-refractivity contribution < 1.29 is 14.3 Å². The smallest absolute Gasteiger partial charge is 0.274 e. The predicted molar refractivity (Wildman–Crippen MR) is 112 cm³/mol. The number of hydrogen-bond donors (Lipinski definition) is 2. The molecule has 152 valence electrons. The van der Waals surface area contributed by atoms with E-state index in [0.29, 0.717) is 23.6 Å². The summed E-state index contributed by atoms with van der Waals surface area (Å²) in [6.45, 7) is 2.20. The number of pyridine rings is 2. The van der Waals surface area contributed by atoms with Gasteiger partial charge in [0, 0.05) is 23.5 Å². The molecule has 0 radical (unpaired) electrons. The molecule has 1 aromatic carbocycles. The van der Waals surface area contributed by atoms with Crippen molar-refractivity contribution in [2.24, 2.45) is 0 Å². The van der Waals surface area contributed by atoms with Gasteiger partial charge >= 0.3 is 0 Å². The lowest BCUT2D eigenvalue weighted by Gasteiger charge is -2.11. The van der Waals surface area contributed by atoms with E-state index in [0.717, 1.165) is 24.1 Å². The Morgan fingerprint density at radius 3 is 2.63 bits per heavy atom. The molecule has 0 spiro atoms. The summed E-state index contributed by atoms with van der Waals surface area (Å²) in [6, 6.07) is 14.4. The molecule has 1 aliphatic carbocycles. The zero-order chi connectivity index (χ0) is 20.9. The van der Waals surface area contributed by atoms with E-state index in [1.165, 1.54) is 6.20 Å². The van der Waals surface area contributed by atoms with Crippen molar-refractivity contribution in [3.8, 4) is 5.75 Å². The predicted octanol–water partition coefficient (Wildman–Crippen LogP) is 3.51. The summed E-state index contributed by atoms with van der Waals surface area (Å²) in [4.78, 5) is 33.2. The van der Waals surface area contributed by atoms with Crippen molar-refractivity contribution in [3.63, 3.8) is 0 Å². The van der Waals surface area contributed by atoms with Gasteiger partial charge in [-0.1, -0.05) is 12.1 Å². The molecule has 7 nitrogen and oxygen atoms in total. The van der Waals surface area contributed by atoms with E-state index in [2.05, 4.69) is 20.6 Å². The quantitative estimate of drug-likeness (QED) is 0.631. The molecule has 0 bridgehead atoms. The normalized spacial score (nSPS) is 12.8. The summed E-state index contributed by atoms with van der Waals surface area (Å²) in [5.74, 6) is 0.0711. The highest BCUT2D eigenvalue weighted by Gasteiger charge is 2.24. The Kier molecular flexibility index (Phi) is 5.70. The second kappa shape index (κ2) is 8.73. The molecule has 2 heterocycles. The van der Waals surface area contributed by atoms with Crippen LogP contribution < -0.4 is 15.4 Å². The Labute approximate surface area is 174 Å². The number of aromatic nitrogens is 2. The van der Waals surface area contributed by atoms with Gasteiger partial charge in [-0.3, -0.25) is 14.6 Å². The number of nitrogens with zero attached hydrogens (tertiary/aromatic N) is 2. The van der Waals surface area contributed by atoms with Crippen LogP contribution in [0.3, 0.4) is 0 Å². The number of carbonyl (C=O) groups excluding carboxylic acids is 2. The number of nitrogens with one attached hydrogen (secondary N) is 2. The molecule has 0 atom stereocenters. The summed E-state index contributed by atoms with van der Waals surface area (Å²) in [6.07, 6.45) is 5.25. The molecule has 2 aromatic heterocycles. The average Bonchev–Trinajstić information content (AvgIpc) is 3.59. The highest BCUT2D eigenvalue weighted by atomic mass is 16.5. The van der Waals surface area contributed by atoms with Crippen LogP contribution in [-0.2, 0) is 6.61 Å². The standard InChI is InChI=1S/C23H22N4O3/c1-15-5-6-16(22(28)26-17-7-8-17)12-21(15)27-23(29)20-10-9-19(13-25-20)30-14-18-4-2-3-11-24-18/h2-6,9-13,17H,7-8,14H2,1H3,(H,26,28)(H,27,29). The maximum Gasteiger partial charge on any atom is 0.274 e. The van der Waals surface area contributed by atoms with Crippen LogP contribution in [0, 0.1) is 6.92 Å². The lowest BCUT2D eigenvalue weighted by molar-refractivity contribution is 0.0949. The molecule has 7 heteroatoms. The summed E-state index contributed by atoms with van der Waals surface area (Å²) in [5, 5.41) is 5.79. The molecule has 30 heavy (non-hydrogen) atoms. The highest BCUT2D eigenvalue weighted by Crippen LogP contribution is 2.22. The topological polar surface area (TPSA) is 93.2 Å². The van der Waals surface area contributed by atoms with Crippen LogP contribution in [-0.4, -0.2) is 27.8 Å². The monoisotopic (exact) mass is 402 g/mol. The van der Waals surface area contributed by atoms with Crippen LogP contribution in [0.25, 0.3) is 0 Å². The first-order chi connectivity index (χ1) is 14.6. The van der Waals surface area contributed by atoms with E-state index < -0.39 is 0 Å². The van der Waals surface area contributed by atoms with Gasteiger partial charge in [0.15, 0.2) is 0 Å². The van der Waals surface area contributed by atoms with E-state index >= 15 is 0 Å². The lowest BCUT2D eigenvalue weighted by Crippen LogP contribution is -2.25. The number of benzene rings is 1. The third kappa shape index (κ3) is 5.00. The maximum absolute atomic E-state index is 12.6. The van der Waals surface area contributed by atoms with Gasteiger partial charge in [0.1, 0.15) is 18.1 Å². The molecule has 0 aliphatic heterocycles. The van der Waals surface area contributed by atoms with Crippen molar-refractivity contribution in [2.45, 2.75) is 32.4 Å². The van der Waals surface area contributed by atoms with Crippen LogP contribution >= 0.6 is 0 Å². The second-order valence-electron chi connectivity index (χ2n) is 7.22. The Morgan fingerprint density at radius 1 is 1.07 bits per heavy atom. The van der Waals surface area contributed by atoms with Gasteiger partial charge < -0.3 is 15.4 Å². The first-order valence-electron chi connectivity index (χ1n) is 9.80. The molecule has 1 aliphatic rings. The molecule has 2 N–H and O–H groups in total. The zero-order valence-electron chi connectivity index (χ0n) is 16.6. The van der Waals surface area contributed by atoms with Crippen molar-refractivity contribution in [2.75, 3.05) is 5.32 Å². The number of carbonyl (C=O) groups is 2. The maximum atomic E-state index is 12.6. The minimum atomic E-state index is -0.353. The van der Waals surface area contributed by atoms with Gasteiger partial charge in [-0.25, -0.2) is 4.98 Å². The molecule has 1 fully saturated rings. The lowest BCUT2D eigenvalue weighted by atomic mass is 10.1. The van der Waals surface area contributed by atoms with Crippen molar-refractivity contribution in [3.05, 3.63) is 83.4 Å². The van der Waals surface area contributed by atoms with Gasteiger partial charge in [0.25, 0.3) is 11.8 Å². The molecular formula is C23H22N4O3. The number of aryl methyl sites for hydroxylation is 1. The van der Waals surface area contributed by atoms with Crippen LogP contribution in [0.15, 0.2) is 60.9 Å². The largest absolute Gasteiger partial charge is 0.486 e. The Morgan fingerprint density at radius 2 is 1.93 bits per heavy atom. The Bertz CT molecular complexity index is 1050. The van der Waals surface area contributed by atoms with Crippen LogP contribution in [0.2, 0.25) is 0 Å². The number of hydrogen-bond acceptors (Lipinski definition) is 5. The second-order valence-corrected chi connectivity index (χ2v) is 7.22. The minimum Gasteiger partial charge on any atom is -0.486 e. The highest BCUT2D eigenvalue weighted by molar-refractivity contribution is 6.04. The van der Waals surface area contributed by atoms with Gasteiger partial charge in [0.05, 0.1) is 11.9 Å². The van der Waals surface area contributed by atoms with Crippen molar-refractivity contribution in [1.82, 2.24) is 15.3 Å². The number of amides is 2. The van der Waals surface area contributed by atoms with Gasteiger partial charge in [-0.2, -0.15) is 0 Å². The zero-order valence-corrected chi connectivity index (χ0v) is 16.6. The first kappa shape index (κ1) is 19.6. The third-order valence-electron chi connectivity index (χ3n) is 4.74. The molecule has 0 saturated heterocycles. The summed E-state index contributed by atoms with van der Waals surface area (Å²) < 4.78 is 5.64. The molecule has 4 rings (SSSR count). The summed E-state index contributed by atoms with van der Waals surface area (Å²) in [5.41, 5.74) is 3.03. The Balaban J connectivity index is 1.39. The van der Waals surface area contributed by atoms with E-state index in [9.17, 15) is 9.59 Å². The van der Waals surface area contributed by atoms with E-state index in [4.69, 9.17) is 4.74 Å². The minimum absolute atomic E-state index is 0.125. The van der Waals surface area contributed by atoms with Gasteiger partial charge in [-0.15, -0.1) is 0 Å². The van der Waals surface area contributed by atoms with Crippen molar-refractivity contribution in [1.29, 1.82) is 0 Å². The summed E-state index contributed by atoms with van der Waals surface area (Å²) in [7, 11) is 0. The fourth-order valence-electron chi connectivity index (χ4n) is 2.82. The number of anilines is 1. The number of ether oxygens (including phenoxy) is 1. The SMILES string of the molecule is Cc1ccc(C(=O)NC2CC2)cc1NC(=O)c1ccc(OCc2ccccn2)cn1. The van der Waals surface area contributed by atoms with Gasteiger partial charge in [0.2, 0.25) is 0 Å². The van der Waals surface area contributed by atoms with Crippen LogP contribution in [0.4, 0.5) is 5.69 Å². The molecule has 3 aromatic rings. The fourth-order valence-corrected chi connectivity index (χ4v) is 2.82. The van der Waals surface area contributed by atoms with E-state index in [-0.39, 0.29) is 23.6 Å². The molecule has 0 unspecified atom stereocenters. The Hall–Kier alpha value is -3.74.